The van der Waals surface area contributed by atoms with Gasteiger partial charge in [0.25, 0.3) is 0 Å². The summed E-state index contributed by atoms with van der Waals surface area (Å²) in [6, 6.07) is 3.59. The molecule has 1 nitrogen and oxygen atoms in total. The Kier molecular flexibility index (Phi) is 2.95. The number of hydrogen-bond acceptors (Lipinski definition) is 1. The molecule has 0 spiro atoms. The summed E-state index contributed by atoms with van der Waals surface area (Å²) >= 11 is 5.29. The monoisotopic (exact) mass is 184 g/mol. The second kappa shape index (κ2) is 3.99. The van der Waals surface area contributed by atoms with Crippen LogP contribution in [0.25, 0.3) is 0 Å². The van der Waals surface area contributed by atoms with Crippen LogP contribution in [0.3, 0.4) is 0 Å². The molecule has 0 aliphatic heterocycles. The topological polar surface area (TPSA) is 20.2 Å². The Morgan fingerprint density at radius 2 is 2.25 bits per heavy atom. The molecule has 0 atom stereocenters. The third kappa shape index (κ3) is 2.14. The van der Waals surface area contributed by atoms with Crippen molar-refractivity contribution in [3.05, 3.63) is 29.6 Å². The van der Waals surface area contributed by atoms with Crippen molar-refractivity contribution >= 4 is 11.6 Å². The number of aromatic hydroxyl groups is 1. The Bertz CT molecular complexity index is 338. The van der Waals surface area contributed by atoms with Crippen LogP contribution in [-0.4, -0.2) is 11.0 Å². The van der Waals surface area contributed by atoms with E-state index < -0.39 is 5.82 Å². The summed E-state index contributed by atoms with van der Waals surface area (Å²) in [6.45, 7) is 0. The molecule has 0 amide bonds. The van der Waals surface area contributed by atoms with E-state index in [-0.39, 0.29) is 17.2 Å². The standard InChI is InChI=1S/C9H6ClFO/c10-5-1-2-7-6-8(11)3-4-9(7)12/h3-4,6,12H,5H2. The lowest BCUT2D eigenvalue weighted by Crippen LogP contribution is -1.79. The fourth-order valence-electron chi connectivity index (χ4n) is 0.737. The molecular weight excluding hydrogens is 179 g/mol. The molecule has 0 bridgehead atoms. The number of phenols is 1. The zero-order valence-electron chi connectivity index (χ0n) is 6.14. The molecule has 1 N–H and O–H groups in total. The Morgan fingerprint density at radius 3 is 2.92 bits per heavy atom. The van der Waals surface area contributed by atoms with Gasteiger partial charge in [0.1, 0.15) is 11.6 Å². The second-order valence-corrected chi connectivity index (χ2v) is 2.36. The van der Waals surface area contributed by atoms with Gasteiger partial charge in [0.15, 0.2) is 0 Å². The summed E-state index contributed by atoms with van der Waals surface area (Å²) in [5, 5.41) is 9.15. The minimum Gasteiger partial charge on any atom is -0.507 e. The summed E-state index contributed by atoms with van der Waals surface area (Å²) in [6.07, 6.45) is 0. The average Bonchev–Trinajstić information content (AvgIpc) is 2.07. The summed E-state index contributed by atoms with van der Waals surface area (Å²) in [5.41, 5.74) is 0.260. The van der Waals surface area contributed by atoms with Crippen molar-refractivity contribution in [3.63, 3.8) is 0 Å². The van der Waals surface area contributed by atoms with Crippen LogP contribution >= 0.6 is 11.6 Å². The van der Waals surface area contributed by atoms with E-state index in [2.05, 4.69) is 11.8 Å². The highest BCUT2D eigenvalue weighted by Gasteiger charge is 1.98. The highest BCUT2D eigenvalue weighted by atomic mass is 35.5. The summed E-state index contributed by atoms with van der Waals surface area (Å²) in [4.78, 5) is 0. The predicted octanol–water partition coefficient (Wildman–Crippen LogP) is 2.12. The highest BCUT2D eigenvalue weighted by molar-refractivity contribution is 6.19. The van der Waals surface area contributed by atoms with Gasteiger partial charge in [-0.1, -0.05) is 11.8 Å². The van der Waals surface area contributed by atoms with Crippen LogP contribution in [0.1, 0.15) is 5.56 Å². The molecule has 1 aromatic rings. The molecule has 12 heavy (non-hydrogen) atoms. The first kappa shape index (κ1) is 8.89. The maximum Gasteiger partial charge on any atom is 0.131 e. The van der Waals surface area contributed by atoms with Crippen molar-refractivity contribution in [2.75, 3.05) is 5.88 Å². The minimum absolute atomic E-state index is 0.0333. The summed E-state index contributed by atoms with van der Waals surface area (Å²) in [5.74, 6) is 4.76. The molecule has 0 saturated carbocycles. The summed E-state index contributed by atoms with van der Waals surface area (Å²) in [7, 11) is 0. The molecule has 1 rings (SSSR count). The molecule has 3 heteroatoms. The van der Waals surface area contributed by atoms with Gasteiger partial charge in [0.2, 0.25) is 0 Å². The quantitative estimate of drug-likeness (QED) is 0.484. The number of rotatable bonds is 0. The smallest absolute Gasteiger partial charge is 0.131 e. The fraction of sp³-hybridized carbons (Fsp3) is 0.111. The second-order valence-electron chi connectivity index (χ2n) is 2.10. The molecule has 0 heterocycles. The third-order valence-electron chi connectivity index (χ3n) is 1.25. The number of hydrogen-bond donors (Lipinski definition) is 1. The molecule has 1 aromatic carbocycles. The van der Waals surface area contributed by atoms with Crippen molar-refractivity contribution in [1.29, 1.82) is 0 Å². The first-order valence-corrected chi connectivity index (χ1v) is 3.81. The molecule has 0 fully saturated rings. The Balaban J connectivity index is 3.05. The molecule has 0 aromatic heterocycles. The van der Waals surface area contributed by atoms with Crippen molar-refractivity contribution in [2.24, 2.45) is 0 Å². The van der Waals surface area contributed by atoms with Crippen LogP contribution in [0.15, 0.2) is 18.2 Å². The van der Waals surface area contributed by atoms with Crippen LogP contribution in [0.5, 0.6) is 5.75 Å². The van der Waals surface area contributed by atoms with E-state index in [1.54, 1.807) is 0 Å². The molecule has 0 saturated heterocycles. The van der Waals surface area contributed by atoms with Gasteiger partial charge >= 0.3 is 0 Å². The van der Waals surface area contributed by atoms with Gasteiger partial charge in [0.05, 0.1) is 11.4 Å². The zero-order chi connectivity index (χ0) is 8.97. The van der Waals surface area contributed by atoms with E-state index in [9.17, 15) is 4.39 Å². The largest absolute Gasteiger partial charge is 0.507 e. The minimum atomic E-state index is -0.424. The van der Waals surface area contributed by atoms with E-state index in [4.69, 9.17) is 16.7 Å². The van der Waals surface area contributed by atoms with E-state index >= 15 is 0 Å². The van der Waals surface area contributed by atoms with Gasteiger partial charge in [-0.3, -0.25) is 0 Å². The van der Waals surface area contributed by atoms with Crippen LogP contribution in [-0.2, 0) is 0 Å². The Hall–Kier alpha value is -1.20. The lowest BCUT2D eigenvalue weighted by atomic mass is 10.2. The van der Waals surface area contributed by atoms with Crippen molar-refractivity contribution < 1.29 is 9.50 Å². The SMILES string of the molecule is Oc1ccc(F)cc1C#CCCl. The third-order valence-corrected chi connectivity index (χ3v) is 1.38. The first-order valence-electron chi connectivity index (χ1n) is 3.27. The van der Waals surface area contributed by atoms with Crippen LogP contribution in [0.4, 0.5) is 4.39 Å². The van der Waals surface area contributed by atoms with Crippen LogP contribution in [0.2, 0.25) is 0 Å². The normalized spacial score (nSPS) is 8.83. The molecule has 62 valence electrons. The Morgan fingerprint density at radius 1 is 1.50 bits per heavy atom. The van der Waals surface area contributed by atoms with Gasteiger partial charge in [-0.2, -0.15) is 0 Å². The number of alkyl halides is 1. The zero-order valence-corrected chi connectivity index (χ0v) is 6.90. The van der Waals surface area contributed by atoms with Crippen LogP contribution < -0.4 is 0 Å². The molecule has 0 aliphatic carbocycles. The van der Waals surface area contributed by atoms with Gasteiger partial charge < -0.3 is 5.11 Å². The number of benzene rings is 1. The van der Waals surface area contributed by atoms with E-state index in [1.807, 2.05) is 0 Å². The Labute approximate surface area is 74.8 Å². The van der Waals surface area contributed by atoms with Crippen LogP contribution in [0, 0.1) is 17.7 Å². The molecule has 0 aliphatic rings. The van der Waals surface area contributed by atoms with E-state index in [1.165, 1.54) is 12.1 Å². The highest BCUT2D eigenvalue weighted by Crippen LogP contribution is 2.15. The molecule has 0 radical (unpaired) electrons. The first-order chi connectivity index (χ1) is 5.74. The number of phenolic OH excluding ortho intramolecular Hbond substituents is 1. The van der Waals surface area contributed by atoms with E-state index in [0.717, 1.165) is 6.07 Å². The van der Waals surface area contributed by atoms with Crippen molar-refractivity contribution in [2.45, 2.75) is 0 Å². The van der Waals surface area contributed by atoms with Gasteiger partial charge in [-0.25, -0.2) is 4.39 Å². The van der Waals surface area contributed by atoms with E-state index in [0.29, 0.717) is 0 Å². The van der Waals surface area contributed by atoms with Gasteiger partial charge in [-0.05, 0) is 18.2 Å². The number of halogens is 2. The lowest BCUT2D eigenvalue weighted by Gasteiger charge is -1.94. The molecule has 0 unspecified atom stereocenters. The fourth-order valence-corrected chi connectivity index (χ4v) is 0.804. The average molecular weight is 185 g/mol. The molecular formula is C9H6ClFO. The lowest BCUT2D eigenvalue weighted by molar-refractivity contribution is 0.471. The van der Waals surface area contributed by atoms with Crippen molar-refractivity contribution in [3.8, 4) is 17.6 Å². The van der Waals surface area contributed by atoms with Gasteiger partial charge in [0, 0.05) is 0 Å². The predicted molar refractivity (Wildman–Crippen MR) is 45.7 cm³/mol. The van der Waals surface area contributed by atoms with Gasteiger partial charge in [-0.15, -0.1) is 11.6 Å². The maximum atomic E-state index is 12.6. The maximum absolute atomic E-state index is 12.6. The van der Waals surface area contributed by atoms with Crippen molar-refractivity contribution in [1.82, 2.24) is 0 Å². The summed E-state index contributed by atoms with van der Waals surface area (Å²) < 4.78 is 12.6.